The maximum absolute atomic E-state index is 13.4. The Balaban J connectivity index is 1.82. The molecule has 0 aliphatic heterocycles. The van der Waals surface area contributed by atoms with Gasteiger partial charge in [0, 0.05) is 10.9 Å². The van der Waals surface area contributed by atoms with Crippen LogP contribution in [-0.2, 0) is 0 Å². The average Bonchev–Trinajstić information content (AvgIpc) is 2.95. The van der Waals surface area contributed by atoms with Gasteiger partial charge in [-0.2, -0.15) is 9.78 Å². The van der Waals surface area contributed by atoms with Crippen LogP contribution >= 0.6 is 0 Å². The van der Waals surface area contributed by atoms with E-state index >= 15 is 0 Å². The summed E-state index contributed by atoms with van der Waals surface area (Å²) in [5.41, 5.74) is 1.49. The number of benzene rings is 2. The number of halogens is 2. The normalized spacial score (nSPS) is 11.8. The summed E-state index contributed by atoms with van der Waals surface area (Å²) in [4.78, 5) is 19.6. The molecule has 118 valence electrons. The second-order valence-corrected chi connectivity index (χ2v) is 5.23. The van der Waals surface area contributed by atoms with Crippen molar-refractivity contribution in [3.63, 3.8) is 0 Å². The molecule has 0 amide bonds. The molecule has 4 aromatic rings. The summed E-state index contributed by atoms with van der Waals surface area (Å²) in [7, 11) is 0. The zero-order chi connectivity index (χ0) is 16.7. The van der Waals surface area contributed by atoms with Crippen molar-refractivity contribution >= 4 is 28.2 Å². The lowest BCUT2D eigenvalue weighted by atomic mass is 10.2. The fraction of sp³-hybridized carbons (Fsp3) is 0. The molecule has 2 heterocycles. The SMILES string of the molecule is O=c1c2[nH]c3ccc(F)cc3c2ncn1N=Cc1ccc(F)cc1. The number of nitrogens with zero attached hydrogens (tertiary/aromatic N) is 3. The quantitative estimate of drug-likeness (QED) is 0.576. The number of hydrogen-bond donors (Lipinski definition) is 1. The smallest absolute Gasteiger partial charge is 0.298 e. The second-order valence-electron chi connectivity index (χ2n) is 5.23. The minimum absolute atomic E-state index is 0.245. The molecule has 24 heavy (non-hydrogen) atoms. The van der Waals surface area contributed by atoms with Crippen LogP contribution in [0.3, 0.4) is 0 Å². The van der Waals surface area contributed by atoms with Gasteiger partial charge in [0.05, 0.1) is 6.21 Å². The third-order valence-corrected chi connectivity index (χ3v) is 3.65. The van der Waals surface area contributed by atoms with Gasteiger partial charge in [0.15, 0.2) is 0 Å². The van der Waals surface area contributed by atoms with Crippen molar-refractivity contribution in [2.45, 2.75) is 0 Å². The molecule has 0 saturated heterocycles. The highest BCUT2D eigenvalue weighted by atomic mass is 19.1. The standard InChI is InChI=1S/C17H10F2N4O/c18-11-3-1-10(2-4-11)8-21-23-9-20-15-13-7-12(19)5-6-14(13)22-16(15)17(23)24/h1-9,22H. The van der Waals surface area contributed by atoms with E-state index in [1.165, 1.54) is 36.8 Å². The van der Waals surface area contributed by atoms with Gasteiger partial charge in [-0.3, -0.25) is 4.79 Å². The predicted octanol–water partition coefficient (Wildman–Crippen LogP) is 3.04. The summed E-state index contributed by atoms with van der Waals surface area (Å²) >= 11 is 0. The molecule has 2 aromatic carbocycles. The van der Waals surface area contributed by atoms with Crippen molar-refractivity contribution in [3.8, 4) is 0 Å². The zero-order valence-electron chi connectivity index (χ0n) is 12.2. The lowest BCUT2D eigenvalue weighted by Crippen LogP contribution is -2.17. The Morgan fingerprint density at radius 2 is 1.83 bits per heavy atom. The van der Waals surface area contributed by atoms with Crippen LogP contribution in [-0.4, -0.2) is 20.9 Å². The van der Waals surface area contributed by atoms with E-state index in [0.717, 1.165) is 4.68 Å². The Morgan fingerprint density at radius 1 is 1.08 bits per heavy atom. The van der Waals surface area contributed by atoms with Crippen LogP contribution in [0.1, 0.15) is 5.56 Å². The number of nitrogens with one attached hydrogen (secondary N) is 1. The Kier molecular flexibility index (Phi) is 3.19. The van der Waals surface area contributed by atoms with Gasteiger partial charge in [-0.1, -0.05) is 12.1 Å². The molecular weight excluding hydrogens is 314 g/mol. The maximum atomic E-state index is 13.4. The van der Waals surface area contributed by atoms with Gasteiger partial charge >= 0.3 is 0 Å². The highest BCUT2D eigenvalue weighted by molar-refractivity contribution is 6.04. The largest absolute Gasteiger partial charge is 0.349 e. The molecule has 5 nitrogen and oxygen atoms in total. The first-order chi connectivity index (χ1) is 11.6. The Labute approximate surface area is 133 Å². The Morgan fingerprint density at radius 3 is 2.62 bits per heavy atom. The fourth-order valence-corrected chi connectivity index (χ4v) is 2.48. The average molecular weight is 324 g/mol. The predicted molar refractivity (Wildman–Crippen MR) is 87.2 cm³/mol. The van der Waals surface area contributed by atoms with Crippen molar-refractivity contribution in [3.05, 3.63) is 76.3 Å². The van der Waals surface area contributed by atoms with Gasteiger partial charge in [0.2, 0.25) is 0 Å². The van der Waals surface area contributed by atoms with Gasteiger partial charge in [0.1, 0.15) is 29.0 Å². The summed E-state index contributed by atoms with van der Waals surface area (Å²) in [6.45, 7) is 0. The topological polar surface area (TPSA) is 63.0 Å². The third kappa shape index (κ3) is 2.36. The van der Waals surface area contributed by atoms with Crippen LogP contribution in [0.15, 0.2) is 58.7 Å². The molecule has 7 heteroatoms. The van der Waals surface area contributed by atoms with Gasteiger partial charge in [-0.05, 0) is 35.9 Å². The lowest BCUT2D eigenvalue weighted by molar-refractivity contribution is 0.627. The van der Waals surface area contributed by atoms with Crippen molar-refractivity contribution in [2.75, 3.05) is 0 Å². The summed E-state index contributed by atoms with van der Waals surface area (Å²) in [6.07, 6.45) is 2.69. The zero-order valence-corrected chi connectivity index (χ0v) is 12.2. The van der Waals surface area contributed by atoms with E-state index in [1.54, 1.807) is 18.2 Å². The molecule has 4 rings (SSSR count). The van der Waals surface area contributed by atoms with E-state index in [2.05, 4.69) is 15.1 Å². The fourth-order valence-electron chi connectivity index (χ4n) is 2.48. The van der Waals surface area contributed by atoms with Crippen molar-refractivity contribution in [2.24, 2.45) is 5.10 Å². The molecule has 2 aromatic heterocycles. The van der Waals surface area contributed by atoms with Gasteiger partial charge in [0.25, 0.3) is 5.56 Å². The van der Waals surface area contributed by atoms with Crippen LogP contribution < -0.4 is 5.56 Å². The van der Waals surface area contributed by atoms with Crippen LogP contribution in [0, 0.1) is 11.6 Å². The molecule has 1 N–H and O–H groups in total. The first-order valence-electron chi connectivity index (χ1n) is 7.10. The van der Waals surface area contributed by atoms with Crippen LogP contribution in [0.25, 0.3) is 21.9 Å². The van der Waals surface area contributed by atoms with Crippen LogP contribution in [0.5, 0.6) is 0 Å². The number of aromatic amines is 1. The highest BCUT2D eigenvalue weighted by Crippen LogP contribution is 2.21. The number of rotatable bonds is 2. The molecule has 0 bridgehead atoms. The molecule has 0 unspecified atom stereocenters. The van der Waals surface area contributed by atoms with E-state index in [1.807, 2.05) is 0 Å². The first kappa shape index (κ1) is 14.3. The molecular formula is C17H10F2N4O. The van der Waals surface area contributed by atoms with E-state index in [0.29, 0.717) is 22.0 Å². The van der Waals surface area contributed by atoms with Crippen LogP contribution in [0.2, 0.25) is 0 Å². The van der Waals surface area contributed by atoms with E-state index in [9.17, 15) is 13.6 Å². The van der Waals surface area contributed by atoms with Crippen molar-refractivity contribution < 1.29 is 8.78 Å². The minimum atomic E-state index is -0.407. The number of hydrogen-bond acceptors (Lipinski definition) is 3. The Hall–Kier alpha value is -3.35. The van der Waals surface area contributed by atoms with E-state index in [4.69, 9.17) is 0 Å². The lowest BCUT2D eigenvalue weighted by Gasteiger charge is -1.98. The van der Waals surface area contributed by atoms with E-state index < -0.39 is 11.4 Å². The molecule has 0 aliphatic rings. The van der Waals surface area contributed by atoms with Gasteiger partial charge in [-0.25, -0.2) is 13.8 Å². The van der Waals surface area contributed by atoms with Gasteiger partial charge < -0.3 is 4.98 Å². The maximum Gasteiger partial charge on any atom is 0.298 e. The molecule has 0 radical (unpaired) electrons. The second kappa shape index (κ2) is 5.38. The number of aromatic nitrogens is 3. The number of fused-ring (bicyclic) bond motifs is 3. The van der Waals surface area contributed by atoms with Crippen molar-refractivity contribution in [1.82, 2.24) is 14.6 Å². The molecule has 0 fully saturated rings. The minimum Gasteiger partial charge on any atom is -0.349 e. The summed E-state index contributed by atoms with van der Waals surface area (Å²) in [5.74, 6) is -0.749. The molecule has 0 spiro atoms. The summed E-state index contributed by atoms with van der Waals surface area (Å²) in [5, 5.41) is 4.58. The highest BCUT2D eigenvalue weighted by Gasteiger charge is 2.11. The summed E-state index contributed by atoms with van der Waals surface area (Å²) < 4.78 is 27.3. The molecule has 0 saturated carbocycles. The van der Waals surface area contributed by atoms with E-state index in [-0.39, 0.29) is 11.3 Å². The monoisotopic (exact) mass is 324 g/mol. The summed E-state index contributed by atoms with van der Waals surface area (Å²) in [6, 6.07) is 9.88. The molecule has 0 aliphatic carbocycles. The third-order valence-electron chi connectivity index (χ3n) is 3.65. The Bertz CT molecular complexity index is 1140. The van der Waals surface area contributed by atoms with Crippen molar-refractivity contribution in [1.29, 1.82) is 0 Å². The molecule has 0 atom stereocenters. The first-order valence-corrected chi connectivity index (χ1v) is 7.10. The van der Waals surface area contributed by atoms with Crippen LogP contribution in [0.4, 0.5) is 8.78 Å². The van der Waals surface area contributed by atoms with Gasteiger partial charge in [-0.15, -0.1) is 0 Å². The number of H-pyrrole nitrogens is 1.